The Morgan fingerprint density at radius 2 is 1.45 bits per heavy atom. The Hall–Kier alpha value is -2.88. The van der Waals surface area contributed by atoms with Gasteiger partial charge in [0.1, 0.15) is 29.7 Å². The summed E-state index contributed by atoms with van der Waals surface area (Å²) in [7, 11) is 1.60. The number of carbonyl (C=O) groups is 2. The first-order chi connectivity index (χ1) is 36.7. The Labute approximate surface area is 480 Å². The van der Waals surface area contributed by atoms with Gasteiger partial charge in [0, 0.05) is 54.5 Å². The summed E-state index contributed by atoms with van der Waals surface area (Å²) < 4.78 is 51.8. The Morgan fingerprint density at radius 1 is 0.859 bits per heavy atom. The molecule has 78 heavy (non-hydrogen) atoms. The number of allylic oxidation sites excluding steroid dienone is 4. The number of unbranched alkanes of at least 4 members (excludes halogenated alkanes) is 12. The molecule has 4 aliphatic rings. The lowest BCUT2D eigenvalue weighted by Crippen LogP contribution is -2.59. The van der Waals surface area contributed by atoms with E-state index < -0.39 is 53.0 Å². The average molecular weight is 1160 g/mol. The first kappa shape index (κ1) is 67.6. The molecule has 0 spiro atoms. The maximum atomic E-state index is 13.5. The van der Waals surface area contributed by atoms with Gasteiger partial charge in [-0.2, -0.15) is 0 Å². The molecule has 0 aromatic carbocycles. The quantitative estimate of drug-likeness (QED) is 0.0265. The lowest BCUT2D eigenvalue weighted by Gasteiger charge is -2.53. The molecular formula is C65H105BrO12. The second-order valence-corrected chi connectivity index (χ2v) is 25.5. The molecule has 3 saturated heterocycles. The van der Waals surface area contributed by atoms with E-state index in [0.717, 1.165) is 36.0 Å². The largest absolute Gasteiger partial charge is 0.496 e. The molecule has 0 saturated carbocycles. The lowest BCUT2D eigenvalue weighted by atomic mass is 9.73. The zero-order valence-electron chi connectivity index (χ0n) is 50.6. The van der Waals surface area contributed by atoms with Crippen LogP contribution >= 0.6 is 15.9 Å². The number of esters is 2. The predicted molar refractivity (Wildman–Crippen MR) is 316 cm³/mol. The van der Waals surface area contributed by atoms with Crippen molar-refractivity contribution >= 4 is 27.9 Å². The minimum absolute atomic E-state index is 0.107. The smallest absolute Gasteiger partial charge is 0.331 e. The Morgan fingerprint density at radius 3 is 2.06 bits per heavy atom. The van der Waals surface area contributed by atoms with Crippen LogP contribution in [0.25, 0.3) is 0 Å². The summed E-state index contributed by atoms with van der Waals surface area (Å²) in [5.74, 6) is -2.13. The van der Waals surface area contributed by atoms with Gasteiger partial charge in [-0.1, -0.05) is 175 Å². The highest BCUT2D eigenvalue weighted by molar-refractivity contribution is 9.11. The minimum atomic E-state index is -1.25. The van der Waals surface area contributed by atoms with Crippen molar-refractivity contribution in [2.45, 2.75) is 296 Å². The highest BCUT2D eigenvalue weighted by atomic mass is 79.9. The van der Waals surface area contributed by atoms with Gasteiger partial charge in [0.15, 0.2) is 11.6 Å². The van der Waals surface area contributed by atoms with Crippen LogP contribution in [0.5, 0.6) is 0 Å². The number of methoxy groups -OCH3 is 1. The van der Waals surface area contributed by atoms with Crippen LogP contribution in [0.2, 0.25) is 0 Å². The zero-order valence-corrected chi connectivity index (χ0v) is 52.1. The van der Waals surface area contributed by atoms with E-state index in [1.165, 1.54) is 70.3 Å². The van der Waals surface area contributed by atoms with E-state index in [9.17, 15) is 19.8 Å². The Kier molecular flexibility index (Phi) is 27.8. The van der Waals surface area contributed by atoms with Gasteiger partial charge in [-0.25, -0.2) is 4.79 Å². The van der Waals surface area contributed by atoms with E-state index in [1.807, 2.05) is 73.6 Å². The highest BCUT2D eigenvalue weighted by Gasteiger charge is 2.54. The second kappa shape index (κ2) is 32.1. The summed E-state index contributed by atoms with van der Waals surface area (Å²) in [5.41, 5.74) is 2.36. The van der Waals surface area contributed by atoms with E-state index >= 15 is 0 Å². The third kappa shape index (κ3) is 22.1. The predicted octanol–water partition coefficient (Wildman–Crippen LogP) is 15.4. The van der Waals surface area contributed by atoms with Crippen molar-refractivity contribution in [1.82, 2.24) is 0 Å². The van der Waals surface area contributed by atoms with Gasteiger partial charge in [-0.15, -0.1) is 0 Å². The summed E-state index contributed by atoms with van der Waals surface area (Å²) in [6, 6.07) is 0. The number of hydrogen-bond donors (Lipinski definition) is 2. The molecule has 0 aromatic rings. The van der Waals surface area contributed by atoms with E-state index in [-0.39, 0.29) is 42.4 Å². The molecule has 444 valence electrons. The van der Waals surface area contributed by atoms with Gasteiger partial charge < -0.3 is 48.1 Å². The fraction of sp³-hybridized carbons (Fsp3) is 0.754. The average Bonchev–Trinajstić information content (AvgIpc) is 3.64. The molecule has 4 heterocycles. The van der Waals surface area contributed by atoms with Gasteiger partial charge in [-0.3, -0.25) is 4.79 Å². The SMILES string of the molecule is C=C1C=C(C)C[C@H]2C[C@@H](OC(=O)C=C(C)C=CC[C@@H](O)C1)[C@@](C)([C@@H](O)/C=C(\C)C[C@H]1OC(C)(C)O[C@@H](C[C@H]3OC(C)(C)O[C@@H](C[C@H](CC(=C)/C(=C\Br)OC)OC(=O)CCCCCCCCCCCCCCC)[C@H]3C)C1(C)C)O2. The van der Waals surface area contributed by atoms with Crippen LogP contribution in [-0.4, -0.2) is 101 Å². The van der Waals surface area contributed by atoms with Gasteiger partial charge in [0.2, 0.25) is 0 Å². The van der Waals surface area contributed by atoms with Crippen LogP contribution < -0.4 is 0 Å². The lowest BCUT2D eigenvalue weighted by molar-refractivity contribution is -0.360. The molecule has 0 unspecified atom stereocenters. The van der Waals surface area contributed by atoms with Gasteiger partial charge in [0.05, 0.1) is 43.7 Å². The monoisotopic (exact) mass is 1160 g/mol. The molecule has 12 nitrogen and oxygen atoms in total. The number of hydrogen-bond acceptors (Lipinski definition) is 12. The van der Waals surface area contributed by atoms with Crippen LogP contribution in [0.15, 0.2) is 82.1 Å². The summed E-state index contributed by atoms with van der Waals surface area (Å²) in [4.78, 5) is 28.6. The van der Waals surface area contributed by atoms with Crippen LogP contribution in [0, 0.1) is 11.3 Å². The van der Waals surface area contributed by atoms with E-state index in [2.05, 4.69) is 56.8 Å². The maximum Gasteiger partial charge on any atom is 0.331 e. The number of ether oxygens (including phenoxy) is 8. The molecule has 13 heteroatoms. The molecular weight excluding hydrogens is 1050 g/mol. The molecule has 4 rings (SSSR count). The van der Waals surface area contributed by atoms with Crippen LogP contribution in [0.3, 0.4) is 0 Å². The first-order valence-corrected chi connectivity index (χ1v) is 30.7. The fourth-order valence-electron chi connectivity index (χ4n) is 11.8. The van der Waals surface area contributed by atoms with Crippen molar-refractivity contribution in [1.29, 1.82) is 0 Å². The van der Waals surface area contributed by atoms with Gasteiger partial charge in [-0.05, 0) is 98.6 Å². The van der Waals surface area contributed by atoms with Crippen molar-refractivity contribution in [2.75, 3.05) is 7.11 Å². The molecule has 0 aromatic heterocycles. The molecule has 2 N–H and O–H groups in total. The van der Waals surface area contributed by atoms with Crippen molar-refractivity contribution in [3.8, 4) is 0 Å². The van der Waals surface area contributed by atoms with Crippen LogP contribution in [-0.2, 0) is 47.5 Å². The van der Waals surface area contributed by atoms with Gasteiger partial charge >= 0.3 is 11.9 Å². The van der Waals surface area contributed by atoms with Crippen LogP contribution in [0.1, 0.15) is 224 Å². The number of halogens is 1. The van der Waals surface area contributed by atoms with Crippen molar-refractivity contribution in [2.24, 2.45) is 11.3 Å². The normalized spacial score (nSPS) is 29.7. The number of aliphatic hydroxyl groups is 2. The number of fused-ring (bicyclic) bond motifs is 2. The first-order valence-electron chi connectivity index (χ1n) is 29.8. The molecule has 4 aliphatic heterocycles. The Balaban J connectivity index is 1.45. The molecule has 0 amide bonds. The molecule has 0 radical (unpaired) electrons. The molecule has 2 bridgehead atoms. The molecule has 0 aliphatic carbocycles. The van der Waals surface area contributed by atoms with E-state index in [1.54, 1.807) is 18.2 Å². The summed E-state index contributed by atoms with van der Waals surface area (Å²) in [6.45, 7) is 32.6. The number of aliphatic hydroxyl groups excluding tert-OH is 2. The molecule has 3 fully saturated rings. The Bertz CT molecular complexity index is 2080. The van der Waals surface area contributed by atoms with E-state index in [4.69, 9.17) is 37.9 Å². The topological polar surface area (TPSA) is 148 Å². The third-order valence-corrected chi connectivity index (χ3v) is 16.8. The number of rotatable bonds is 27. The third-order valence-electron chi connectivity index (χ3n) is 16.4. The number of carbonyl (C=O) groups excluding carboxylic acids is 2. The van der Waals surface area contributed by atoms with Crippen molar-refractivity contribution in [3.63, 3.8) is 0 Å². The summed E-state index contributed by atoms with van der Waals surface area (Å²) in [6.07, 6.45) is 24.5. The van der Waals surface area contributed by atoms with Crippen molar-refractivity contribution in [3.05, 3.63) is 82.1 Å². The second-order valence-electron chi connectivity index (χ2n) is 25.1. The summed E-state index contributed by atoms with van der Waals surface area (Å²) >= 11 is 3.41. The van der Waals surface area contributed by atoms with E-state index in [0.29, 0.717) is 74.7 Å². The van der Waals surface area contributed by atoms with Gasteiger partial charge in [0.25, 0.3) is 0 Å². The van der Waals surface area contributed by atoms with Crippen LogP contribution in [0.4, 0.5) is 0 Å². The summed E-state index contributed by atoms with van der Waals surface area (Å²) in [5, 5.41) is 22.7. The van der Waals surface area contributed by atoms with Crippen molar-refractivity contribution < 1.29 is 57.7 Å². The standard InChI is InChI=1S/C65H105BrO12/c1-16-17-18-19-20-21-22-23-24-25-26-27-28-32-60(69)72-51(39-48(6)55(43-66)71-15)40-53-49(7)54(76-63(10,11)75-53)42-58-62(8,9)57(77-64(12,13)78-58)37-47(5)36-56(68)65(14)59-41-52(74-65)35-46(4)33-45(3)34-50(67)31-29-30-44(2)38-61(70)73-59/h29-30,33,36,38,43,49-54,56-59,67-68H,3,6,16-28,31-32,34-35,37,39-42H2,1-2,4-5,7-15H3/b30-29?,44-38?,46-33?,47-36+,55-43+/t49-,50-,51+,52+,53+,54-,56+,57-,58+,59-,65-/m1/s1. The fourth-order valence-corrected chi connectivity index (χ4v) is 12.3. The minimum Gasteiger partial charge on any atom is -0.496 e. The maximum absolute atomic E-state index is 13.5. The highest BCUT2D eigenvalue weighted by Crippen LogP contribution is 2.47. The zero-order chi connectivity index (χ0) is 57.8. The molecule has 11 atom stereocenters.